The van der Waals surface area contributed by atoms with Crippen LogP contribution in [0, 0.1) is 0 Å². The Morgan fingerprint density at radius 3 is 2.57 bits per heavy atom. The van der Waals surface area contributed by atoms with E-state index in [-0.39, 0.29) is 11.3 Å². The van der Waals surface area contributed by atoms with Gasteiger partial charge in [0.15, 0.2) is 0 Å². The van der Waals surface area contributed by atoms with Crippen molar-refractivity contribution in [2.24, 2.45) is 0 Å². The number of fused-ring (bicyclic) bond motifs is 1. The summed E-state index contributed by atoms with van der Waals surface area (Å²) in [5.41, 5.74) is 0.164. The van der Waals surface area contributed by atoms with E-state index in [4.69, 9.17) is 9.47 Å². The highest BCUT2D eigenvalue weighted by Gasteiger charge is 2.35. The Bertz CT molecular complexity index is 632. The molecule has 0 bridgehead atoms. The number of ether oxygens (including phenoxy) is 2. The van der Waals surface area contributed by atoms with Crippen LogP contribution in [0.15, 0.2) is 18.2 Å². The molecule has 0 fully saturated rings. The van der Waals surface area contributed by atoms with Gasteiger partial charge in [0.1, 0.15) is 11.6 Å². The van der Waals surface area contributed by atoms with Crippen LogP contribution < -0.4 is 10.1 Å². The van der Waals surface area contributed by atoms with Gasteiger partial charge in [0.2, 0.25) is 5.82 Å². The molecule has 1 aromatic carbocycles. The number of methoxy groups -OCH3 is 2. The van der Waals surface area contributed by atoms with Crippen molar-refractivity contribution in [1.29, 1.82) is 0 Å². The van der Waals surface area contributed by atoms with Crippen molar-refractivity contribution in [3.8, 4) is 5.75 Å². The zero-order valence-corrected chi connectivity index (χ0v) is 11.5. The van der Waals surface area contributed by atoms with Crippen molar-refractivity contribution < 1.29 is 22.6 Å². The second-order valence-corrected chi connectivity index (χ2v) is 4.20. The van der Waals surface area contributed by atoms with E-state index in [1.807, 2.05) is 0 Å². The van der Waals surface area contributed by atoms with Crippen molar-refractivity contribution in [1.82, 2.24) is 9.97 Å². The molecule has 0 saturated carbocycles. The van der Waals surface area contributed by atoms with Gasteiger partial charge >= 0.3 is 6.18 Å². The number of aromatic nitrogens is 2. The van der Waals surface area contributed by atoms with E-state index >= 15 is 0 Å². The first kappa shape index (κ1) is 15.3. The lowest BCUT2D eigenvalue weighted by molar-refractivity contribution is -0.144. The summed E-state index contributed by atoms with van der Waals surface area (Å²) < 4.78 is 48.4. The van der Waals surface area contributed by atoms with Crippen molar-refractivity contribution in [3.63, 3.8) is 0 Å². The van der Waals surface area contributed by atoms with Gasteiger partial charge in [0.25, 0.3) is 0 Å². The van der Waals surface area contributed by atoms with Crippen molar-refractivity contribution >= 4 is 16.7 Å². The SMILES string of the molecule is COCCNc1nc(C(F)(F)F)nc2cc(OC)ccc12. The molecule has 1 heterocycles. The number of anilines is 1. The minimum Gasteiger partial charge on any atom is -0.497 e. The van der Waals surface area contributed by atoms with E-state index < -0.39 is 12.0 Å². The van der Waals surface area contributed by atoms with Crippen LogP contribution in [0.5, 0.6) is 5.75 Å². The molecule has 0 aliphatic carbocycles. The first-order valence-corrected chi connectivity index (χ1v) is 6.11. The van der Waals surface area contributed by atoms with Crippen molar-refractivity contribution in [3.05, 3.63) is 24.0 Å². The van der Waals surface area contributed by atoms with Crippen LogP contribution in [-0.4, -0.2) is 37.3 Å². The van der Waals surface area contributed by atoms with Gasteiger partial charge in [0, 0.05) is 25.1 Å². The Balaban J connectivity index is 2.52. The molecular formula is C13H14F3N3O2. The van der Waals surface area contributed by atoms with Crippen LogP contribution in [0.1, 0.15) is 5.82 Å². The minimum absolute atomic E-state index is 0.118. The van der Waals surface area contributed by atoms with Gasteiger partial charge in [-0.15, -0.1) is 0 Å². The number of halogens is 3. The Hall–Kier alpha value is -2.09. The van der Waals surface area contributed by atoms with Crippen molar-refractivity contribution in [2.75, 3.05) is 32.7 Å². The third-order valence-corrected chi connectivity index (χ3v) is 2.76. The van der Waals surface area contributed by atoms with E-state index in [9.17, 15) is 13.2 Å². The molecule has 0 amide bonds. The van der Waals surface area contributed by atoms with E-state index in [1.54, 1.807) is 12.1 Å². The molecule has 0 unspecified atom stereocenters. The Morgan fingerprint density at radius 1 is 1.19 bits per heavy atom. The van der Waals surface area contributed by atoms with Crippen LogP contribution in [0.4, 0.5) is 19.0 Å². The first-order chi connectivity index (χ1) is 9.95. The number of benzene rings is 1. The number of hydrogen-bond donors (Lipinski definition) is 1. The maximum atomic E-state index is 12.9. The highest BCUT2D eigenvalue weighted by atomic mass is 19.4. The molecule has 1 aromatic heterocycles. The summed E-state index contributed by atoms with van der Waals surface area (Å²) in [5.74, 6) is -0.646. The zero-order valence-electron chi connectivity index (χ0n) is 11.5. The summed E-state index contributed by atoms with van der Waals surface area (Å²) in [6.45, 7) is 0.689. The van der Waals surface area contributed by atoms with Gasteiger partial charge < -0.3 is 14.8 Å². The summed E-state index contributed by atoms with van der Waals surface area (Å²) in [4.78, 5) is 7.11. The maximum absolute atomic E-state index is 12.9. The average molecular weight is 301 g/mol. The highest BCUT2D eigenvalue weighted by molar-refractivity contribution is 5.90. The Labute approximate surface area is 119 Å². The van der Waals surface area contributed by atoms with E-state index in [0.29, 0.717) is 24.3 Å². The molecule has 1 N–H and O–H groups in total. The van der Waals surface area contributed by atoms with E-state index in [2.05, 4.69) is 15.3 Å². The third-order valence-electron chi connectivity index (χ3n) is 2.76. The normalized spacial score (nSPS) is 11.7. The Morgan fingerprint density at radius 2 is 1.95 bits per heavy atom. The van der Waals surface area contributed by atoms with Gasteiger partial charge in [-0.1, -0.05) is 0 Å². The third kappa shape index (κ3) is 3.52. The molecule has 0 spiro atoms. The number of rotatable bonds is 5. The van der Waals surface area contributed by atoms with Crippen LogP contribution >= 0.6 is 0 Å². The first-order valence-electron chi connectivity index (χ1n) is 6.11. The van der Waals surface area contributed by atoms with Crippen LogP contribution in [0.3, 0.4) is 0 Å². The van der Waals surface area contributed by atoms with Gasteiger partial charge in [0.05, 0.1) is 19.2 Å². The molecule has 0 aliphatic heterocycles. The Kier molecular flexibility index (Phi) is 4.46. The van der Waals surface area contributed by atoms with Gasteiger partial charge in [-0.2, -0.15) is 13.2 Å². The largest absolute Gasteiger partial charge is 0.497 e. The molecule has 0 radical (unpaired) electrons. The summed E-state index contributed by atoms with van der Waals surface area (Å²) >= 11 is 0. The minimum atomic E-state index is -4.62. The topological polar surface area (TPSA) is 56.3 Å². The van der Waals surface area contributed by atoms with Gasteiger partial charge in [-0.25, -0.2) is 9.97 Å². The summed E-state index contributed by atoms with van der Waals surface area (Å²) in [5, 5.41) is 3.31. The number of nitrogens with one attached hydrogen (secondary N) is 1. The molecule has 0 saturated heterocycles. The predicted molar refractivity (Wildman–Crippen MR) is 71.5 cm³/mol. The van der Waals surface area contributed by atoms with E-state index in [1.165, 1.54) is 20.3 Å². The highest BCUT2D eigenvalue weighted by Crippen LogP contribution is 2.31. The van der Waals surface area contributed by atoms with Gasteiger partial charge in [-0.3, -0.25) is 0 Å². The smallest absolute Gasteiger partial charge is 0.451 e. The van der Waals surface area contributed by atoms with Crippen LogP contribution in [0.2, 0.25) is 0 Å². The molecular weight excluding hydrogens is 287 g/mol. The molecule has 2 rings (SSSR count). The second kappa shape index (κ2) is 6.13. The second-order valence-electron chi connectivity index (χ2n) is 4.20. The number of hydrogen-bond acceptors (Lipinski definition) is 5. The summed E-state index contributed by atoms with van der Waals surface area (Å²) in [6, 6.07) is 4.69. The molecule has 114 valence electrons. The van der Waals surface area contributed by atoms with E-state index in [0.717, 1.165) is 0 Å². The molecule has 0 aliphatic rings. The van der Waals surface area contributed by atoms with Crippen molar-refractivity contribution in [2.45, 2.75) is 6.18 Å². The number of nitrogens with zero attached hydrogens (tertiary/aromatic N) is 2. The fourth-order valence-corrected chi connectivity index (χ4v) is 1.77. The van der Waals surface area contributed by atoms with Gasteiger partial charge in [-0.05, 0) is 12.1 Å². The fraction of sp³-hybridized carbons (Fsp3) is 0.385. The predicted octanol–water partition coefficient (Wildman–Crippen LogP) is 2.72. The standard InChI is InChI=1S/C13H14F3N3O2/c1-20-6-5-17-11-9-4-3-8(21-2)7-10(9)18-12(19-11)13(14,15)16/h3-4,7H,5-6H2,1-2H3,(H,17,18,19). The number of alkyl halides is 3. The molecule has 8 heteroatoms. The van der Waals surface area contributed by atoms with Crippen LogP contribution in [0.25, 0.3) is 10.9 Å². The fourth-order valence-electron chi connectivity index (χ4n) is 1.77. The molecule has 0 atom stereocenters. The average Bonchev–Trinajstić information content (AvgIpc) is 2.45. The monoisotopic (exact) mass is 301 g/mol. The van der Waals surface area contributed by atoms with Crippen LogP contribution in [-0.2, 0) is 10.9 Å². The molecule has 21 heavy (non-hydrogen) atoms. The lowest BCUT2D eigenvalue weighted by Gasteiger charge is -2.12. The lowest BCUT2D eigenvalue weighted by Crippen LogP contribution is -2.15. The lowest BCUT2D eigenvalue weighted by atomic mass is 10.2. The molecule has 5 nitrogen and oxygen atoms in total. The summed E-state index contributed by atoms with van der Waals surface area (Å²) in [7, 11) is 2.94. The zero-order chi connectivity index (χ0) is 15.5. The maximum Gasteiger partial charge on any atom is 0.451 e. The molecule has 2 aromatic rings. The summed E-state index contributed by atoms with van der Waals surface area (Å²) in [6.07, 6.45) is -4.62. The quantitative estimate of drug-likeness (QED) is 0.861.